The fraction of sp³-hybridized carbons (Fsp3) is 0.304. The van der Waals surface area contributed by atoms with Gasteiger partial charge < -0.3 is 9.47 Å². The van der Waals surface area contributed by atoms with Gasteiger partial charge in [0.25, 0.3) is 0 Å². The SMILES string of the molecule is COc1cc2c(c(OC)c1)CN(S(=O)(=O)c1ccc(C)cc1)CC#C/C=C/CC2. The van der Waals surface area contributed by atoms with Crippen LogP contribution in [0.2, 0.25) is 0 Å². The minimum atomic E-state index is -3.72. The molecule has 1 heterocycles. The summed E-state index contributed by atoms with van der Waals surface area (Å²) in [6.07, 6.45) is 5.30. The summed E-state index contributed by atoms with van der Waals surface area (Å²) in [4.78, 5) is 0.254. The van der Waals surface area contributed by atoms with Crippen LogP contribution in [0.5, 0.6) is 11.5 Å². The maximum atomic E-state index is 13.4. The third-order valence-electron chi connectivity index (χ3n) is 4.86. The number of aryl methyl sites for hydroxylation is 2. The number of nitrogens with zero attached hydrogens (tertiary/aromatic N) is 1. The molecule has 0 unspecified atom stereocenters. The highest BCUT2D eigenvalue weighted by atomic mass is 32.2. The molecule has 6 heteroatoms. The molecule has 0 N–H and O–H groups in total. The van der Waals surface area contributed by atoms with Crippen molar-refractivity contribution in [2.24, 2.45) is 0 Å². The standard InChI is InChI=1S/C23H25NO4S/c1-18-10-12-21(13-11-18)29(25,26)24-14-8-6-4-5-7-9-19-15-20(27-2)16-23(28-3)22(19)17-24/h4-5,10-13,15-16H,7,9,14,17H2,1-3H3/b5-4+. The summed E-state index contributed by atoms with van der Waals surface area (Å²) in [5.74, 6) is 7.18. The van der Waals surface area contributed by atoms with Crippen LogP contribution in [0.3, 0.4) is 0 Å². The van der Waals surface area contributed by atoms with Crippen molar-refractivity contribution in [1.29, 1.82) is 0 Å². The molecule has 1 aliphatic rings. The molecule has 1 aliphatic heterocycles. The lowest BCUT2D eigenvalue weighted by molar-refractivity contribution is 0.379. The number of hydrogen-bond donors (Lipinski definition) is 0. The van der Waals surface area contributed by atoms with E-state index >= 15 is 0 Å². The molecule has 152 valence electrons. The second-order valence-electron chi connectivity index (χ2n) is 6.82. The van der Waals surface area contributed by atoms with E-state index in [0.29, 0.717) is 11.5 Å². The van der Waals surface area contributed by atoms with Gasteiger partial charge in [-0.05, 0) is 49.6 Å². The van der Waals surface area contributed by atoms with Crippen LogP contribution in [-0.4, -0.2) is 33.5 Å². The van der Waals surface area contributed by atoms with Crippen LogP contribution >= 0.6 is 0 Å². The van der Waals surface area contributed by atoms with Gasteiger partial charge in [-0.3, -0.25) is 0 Å². The van der Waals surface area contributed by atoms with Crippen molar-refractivity contribution in [2.45, 2.75) is 31.2 Å². The van der Waals surface area contributed by atoms with Crippen molar-refractivity contribution < 1.29 is 17.9 Å². The lowest BCUT2D eigenvalue weighted by Crippen LogP contribution is -2.31. The maximum Gasteiger partial charge on any atom is 0.244 e. The number of hydrogen-bond acceptors (Lipinski definition) is 4. The van der Waals surface area contributed by atoms with Gasteiger partial charge in [-0.2, -0.15) is 4.31 Å². The summed E-state index contributed by atoms with van der Waals surface area (Å²) in [5.41, 5.74) is 2.84. The third-order valence-corrected chi connectivity index (χ3v) is 6.67. The second kappa shape index (κ2) is 9.17. The normalized spacial score (nSPS) is 16.0. The predicted octanol–water partition coefficient (Wildman–Crippen LogP) is 3.71. The van der Waals surface area contributed by atoms with E-state index in [1.807, 2.05) is 19.1 Å². The molecular formula is C23H25NO4S. The first kappa shape index (κ1) is 21.0. The molecule has 2 aromatic carbocycles. The number of benzene rings is 2. The molecule has 0 bridgehead atoms. The van der Waals surface area contributed by atoms with Crippen molar-refractivity contribution >= 4 is 10.0 Å². The first-order valence-corrected chi connectivity index (χ1v) is 10.8. The van der Waals surface area contributed by atoms with Gasteiger partial charge in [-0.1, -0.05) is 35.6 Å². The van der Waals surface area contributed by atoms with Crippen LogP contribution < -0.4 is 9.47 Å². The molecule has 0 spiro atoms. The van der Waals surface area contributed by atoms with Crippen LogP contribution in [-0.2, 0) is 23.0 Å². The van der Waals surface area contributed by atoms with Gasteiger partial charge in [0.1, 0.15) is 11.5 Å². The van der Waals surface area contributed by atoms with Crippen LogP contribution in [0, 0.1) is 18.8 Å². The summed E-state index contributed by atoms with van der Waals surface area (Å²) >= 11 is 0. The van der Waals surface area contributed by atoms with Crippen molar-refractivity contribution in [3.8, 4) is 23.3 Å². The molecule has 0 saturated carbocycles. The second-order valence-corrected chi connectivity index (χ2v) is 8.75. The van der Waals surface area contributed by atoms with Gasteiger partial charge in [-0.15, -0.1) is 0 Å². The molecule has 0 aliphatic carbocycles. The van der Waals surface area contributed by atoms with Gasteiger partial charge in [0.05, 0.1) is 25.7 Å². The number of methoxy groups -OCH3 is 2. The Morgan fingerprint density at radius 2 is 1.83 bits per heavy atom. The van der Waals surface area contributed by atoms with E-state index in [1.165, 1.54) is 4.31 Å². The molecule has 0 amide bonds. The lowest BCUT2D eigenvalue weighted by Gasteiger charge is -2.23. The smallest absolute Gasteiger partial charge is 0.244 e. The summed E-state index contributed by atoms with van der Waals surface area (Å²) < 4.78 is 39.1. The minimum Gasteiger partial charge on any atom is -0.497 e. The van der Waals surface area contributed by atoms with E-state index in [1.54, 1.807) is 50.6 Å². The largest absolute Gasteiger partial charge is 0.497 e. The zero-order valence-electron chi connectivity index (χ0n) is 16.9. The lowest BCUT2D eigenvalue weighted by atomic mass is 10.0. The number of rotatable bonds is 4. The molecular weight excluding hydrogens is 386 g/mol. The number of allylic oxidation sites excluding steroid dienone is 2. The Labute approximate surface area is 173 Å². The van der Waals surface area contributed by atoms with Crippen LogP contribution in [0.25, 0.3) is 0 Å². The highest BCUT2D eigenvalue weighted by Gasteiger charge is 2.26. The van der Waals surface area contributed by atoms with E-state index in [0.717, 1.165) is 29.5 Å². The third kappa shape index (κ3) is 4.81. The summed E-state index contributed by atoms with van der Waals surface area (Å²) in [6, 6.07) is 10.6. The van der Waals surface area contributed by atoms with Crippen molar-refractivity contribution in [3.63, 3.8) is 0 Å². The van der Waals surface area contributed by atoms with Crippen LogP contribution in [0.4, 0.5) is 0 Å². The van der Waals surface area contributed by atoms with Crippen molar-refractivity contribution in [2.75, 3.05) is 20.8 Å². The molecule has 0 fully saturated rings. The maximum absolute atomic E-state index is 13.4. The highest BCUT2D eigenvalue weighted by molar-refractivity contribution is 7.89. The topological polar surface area (TPSA) is 55.8 Å². The van der Waals surface area contributed by atoms with Gasteiger partial charge in [-0.25, -0.2) is 8.42 Å². The summed E-state index contributed by atoms with van der Waals surface area (Å²) in [6.45, 7) is 2.19. The van der Waals surface area contributed by atoms with E-state index < -0.39 is 10.0 Å². The van der Waals surface area contributed by atoms with Gasteiger partial charge in [0.2, 0.25) is 10.0 Å². The molecule has 0 atom stereocenters. The Bertz CT molecular complexity index is 1060. The summed E-state index contributed by atoms with van der Waals surface area (Å²) in [5, 5.41) is 0. The molecule has 0 saturated heterocycles. The Hall–Kier alpha value is -2.75. The molecule has 0 aromatic heterocycles. The average Bonchev–Trinajstić information content (AvgIpc) is 2.77. The van der Waals surface area contributed by atoms with Gasteiger partial charge in [0, 0.05) is 18.2 Å². The average molecular weight is 412 g/mol. The highest BCUT2D eigenvalue weighted by Crippen LogP contribution is 2.32. The zero-order valence-corrected chi connectivity index (χ0v) is 17.8. The van der Waals surface area contributed by atoms with Crippen LogP contribution in [0.1, 0.15) is 23.1 Å². The van der Waals surface area contributed by atoms with Gasteiger partial charge >= 0.3 is 0 Å². The molecule has 0 radical (unpaired) electrons. The fourth-order valence-electron chi connectivity index (χ4n) is 3.21. The van der Waals surface area contributed by atoms with Crippen molar-refractivity contribution in [1.82, 2.24) is 4.31 Å². The Morgan fingerprint density at radius 3 is 2.52 bits per heavy atom. The molecule has 2 aromatic rings. The number of ether oxygens (including phenoxy) is 2. The van der Waals surface area contributed by atoms with Crippen molar-refractivity contribution in [3.05, 3.63) is 65.2 Å². The number of fused-ring (bicyclic) bond motifs is 1. The Morgan fingerprint density at radius 1 is 1.07 bits per heavy atom. The van der Waals surface area contributed by atoms with E-state index in [9.17, 15) is 8.42 Å². The summed E-state index contributed by atoms with van der Waals surface area (Å²) in [7, 11) is -0.534. The number of sulfonamides is 1. The van der Waals surface area contributed by atoms with Crippen LogP contribution in [0.15, 0.2) is 53.4 Å². The first-order valence-electron chi connectivity index (χ1n) is 9.39. The molecule has 5 nitrogen and oxygen atoms in total. The Balaban J connectivity index is 2.10. The van der Waals surface area contributed by atoms with E-state index in [2.05, 4.69) is 11.8 Å². The first-order chi connectivity index (χ1) is 14.0. The van der Waals surface area contributed by atoms with Gasteiger partial charge in [0.15, 0.2) is 0 Å². The van der Waals surface area contributed by atoms with E-state index in [4.69, 9.17) is 9.47 Å². The molecule has 3 rings (SSSR count). The monoisotopic (exact) mass is 411 g/mol. The predicted molar refractivity (Wildman–Crippen MR) is 114 cm³/mol. The quantitative estimate of drug-likeness (QED) is 0.720. The minimum absolute atomic E-state index is 0.0924. The molecule has 29 heavy (non-hydrogen) atoms. The Kier molecular flexibility index (Phi) is 6.63. The fourth-order valence-corrected chi connectivity index (χ4v) is 4.52. The zero-order chi connectivity index (χ0) is 20.9. The van der Waals surface area contributed by atoms with E-state index in [-0.39, 0.29) is 18.0 Å².